The van der Waals surface area contributed by atoms with E-state index in [1.807, 2.05) is 61.5 Å². The van der Waals surface area contributed by atoms with E-state index in [1.54, 1.807) is 14.0 Å². The van der Waals surface area contributed by atoms with Crippen molar-refractivity contribution in [2.45, 2.75) is 56.8 Å². The fourth-order valence-electron chi connectivity index (χ4n) is 4.60. The molecule has 3 N–H and O–H groups in total. The minimum Gasteiger partial charge on any atom is -0.497 e. The van der Waals surface area contributed by atoms with E-state index in [9.17, 15) is 14.4 Å². The summed E-state index contributed by atoms with van der Waals surface area (Å²) >= 11 is 0. The number of carbonyl (C=O) groups is 3. The van der Waals surface area contributed by atoms with Crippen LogP contribution >= 0.6 is 0 Å². The number of ketones is 1. The number of nitrogens with one attached hydrogen (secondary N) is 3. The monoisotopic (exact) mass is 493 g/mol. The molecule has 192 valence electrons. The molecule has 2 saturated heterocycles. The molecule has 36 heavy (non-hydrogen) atoms. The molecule has 2 amide bonds. The smallest absolute Gasteiger partial charge is 0.243 e. The van der Waals surface area contributed by atoms with Crippen LogP contribution in [0.4, 0.5) is 0 Å². The maximum absolute atomic E-state index is 13.6. The van der Waals surface area contributed by atoms with Gasteiger partial charge in [-0.2, -0.15) is 0 Å². The van der Waals surface area contributed by atoms with Gasteiger partial charge in [0.2, 0.25) is 11.8 Å². The predicted octanol–water partition coefficient (Wildman–Crippen LogP) is 1.81. The van der Waals surface area contributed by atoms with Gasteiger partial charge >= 0.3 is 0 Å². The van der Waals surface area contributed by atoms with Crippen LogP contribution in [0.2, 0.25) is 0 Å². The van der Waals surface area contributed by atoms with Gasteiger partial charge in [0, 0.05) is 6.42 Å². The first kappa shape index (κ1) is 25.9. The molecular weight excluding hydrogens is 458 g/mol. The second-order valence-corrected chi connectivity index (χ2v) is 9.95. The van der Waals surface area contributed by atoms with Gasteiger partial charge in [-0.05, 0) is 55.5 Å². The van der Waals surface area contributed by atoms with Crippen molar-refractivity contribution in [2.75, 3.05) is 20.3 Å². The third kappa shape index (κ3) is 6.30. The van der Waals surface area contributed by atoms with Gasteiger partial charge in [-0.3, -0.25) is 14.4 Å². The molecule has 0 spiro atoms. The molecule has 0 aliphatic carbocycles. The van der Waals surface area contributed by atoms with E-state index in [2.05, 4.69) is 16.0 Å². The zero-order chi connectivity index (χ0) is 25.7. The highest BCUT2D eigenvalue weighted by atomic mass is 16.6. The Bertz CT molecular complexity index is 1070. The molecule has 2 aromatic rings. The first-order chi connectivity index (χ1) is 17.3. The summed E-state index contributed by atoms with van der Waals surface area (Å²) in [5.74, 6) is 0.105. The van der Waals surface area contributed by atoms with Crippen LogP contribution in [-0.4, -0.2) is 61.6 Å². The Morgan fingerprint density at radius 1 is 1.03 bits per heavy atom. The van der Waals surface area contributed by atoms with Crippen molar-refractivity contribution in [3.05, 3.63) is 65.7 Å². The number of epoxide rings is 1. The van der Waals surface area contributed by atoms with Crippen LogP contribution < -0.4 is 20.7 Å². The number of hydrogen-bond donors (Lipinski definition) is 3. The predicted molar refractivity (Wildman–Crippen MR) is 136 cm³/mol. The van der Waals surface area contributed by atoms with Crippen LogP contribution in [0.3, 0.4) is 0 Å². The maximum atomic E-state index is 13.6. The Hall–Kier alpha value is -3.23. The lowest BCUT2D eigenvalue weighted by molar-refractivity contribution is -0.133. The second-order valence-electron chi connectivity index (χ2n) is 9.95. The number of Topliss-reactive ketones (excluding diaryl/α,β-unsaturated/α-hetero) is 1. The van der Waals surface area contributed by atoms with Gasteiger partial charge in [-0.15, -0.1) is 0 Å². The van der Waals surface area contributed by atoms with Gasteiger partial charge in [0.05, 0.1) is 25.8 Å². The summed E-state index contributed by atoms with van der Waals surface area (Å²) in [6.45, 7) is 4.86. The SMILES string of the molecule is COc1ccc(CC(NC(=O)C2NCCC2C)C(=O)NC(Cc2ccccc2)C(=O)C2(C)CO2)cc1. The number of carbonyl (C=O) groups excluding carboxylic acids is 3. The Balaban J connectivity index is 1.53. The van der Waals surface area contributed by atoms with E-state index in [-0.39, 0.29) is 30.1 Å². The molecule has 0 bridgehead atoms. The molecule has 5 atom stereocenters. The van der Waals surface area contributed by atoms with Crippen LogP contribution in [0.25, 0.3) is 0 Å². The summed E-state index contributed by atoms with van der Waals surface area (Å²) in [5, 5.41) is 9.09. The zero-order valence-electron chi connectivity index (χ0n) is 21.1. The Kier molecular flexibility index (Phi) is 8.06. The van der Waals surface area contributed by atoms with Crippen LogP contribution in [0.5, 0.6) is 5.75 Å². The average molecular weight is 494 g/mol. The lowest BCUT2D eigenvalue weighted by Crippen LogP contribution is -2.57. The summed E-state index contributed by atoms with van der Waals surface area (Å²) < 4.78 is 10.6. The van der Waals surface area contributed by atoms with Gasteiger partial charge < -0.3 is 25.4 Å². The second kappa shape index (κ2) is 11.2. The standard InChI is InChI=1S/C28H35N3O5/c1-18-13-14-29-24(18)27(34)31-23(16-20-9-11-21(35-3)12-10-20)26(33)30-22(25(32)28(2)17-36-28)15-19-7-5-4-6-8-19/h4-12,18,22-24,29H,13-17H2,1-3H3,(H,30,33)(H,31,34). The molecule has 0 saturated carbocycles. The van der Waals surface area contributed by atoms with E-state index in [4.69, 9.17) is 9.47 Å². The van der Waals surface area contributed by atoms with Crippen molar-refractivity contribution >= 4 is 17.6 Å². The van der Waals surface area contributed by atoms with E-state index < -0.39 is 23.6 Å². The third-order valence-corrected chi connectivity index (χ3v) is 7.06. The van der Waals surface area contributed by atoms with Crippen LogP contribution in [0.1, 0.15) is 31.4 Å². The van der Waals surface area contributed by atoms with Gasteiger partial charge in [0.25, 0.3) is 0 Å². The molecule has 8 nitrogen and oxygen atoms in total. The van der Waals surface area contributed by atoms with Crippen molar-refractivity contribution in [3.63, 3.8) is 0 Å². The van der Waals surface area contributed by atoms with Gasteiger partial charge in [0.1, 0.15) is 17.4 Å². The number of methoxy groups -OCH3 is 1. The lowest BCUT2D eigenvalue weighted by atomic mass is 9.94. The molecule has 0 radical (unpaired) electrons. The van der Waals surface area contributed by atoms with E-state index in [0.29, 0.717) is 18.8 Å². The molecule has 2 aliphatic rings. The summed E-state index contributed by atoms with van der Waals surface area (Å²) in [6, 6.07) is 15.0. The van der Waals surface area contributed by atoms with Gasteiger partial charge in [0.15, 0.2) is 5.78 Å². The van der Waals surface area contributed by atoms with Gasteiger partial charge in [-0.25, -0.2) is 0 Å². The average Bonchev–Trinajstić information content (AvgIpc) is 3.49. The van der Waals surface area contributed by atoms with Crippen molar-refractivity contribution in [1.29, 1.82) is 0 Å². The molecule has 2 aromatic carbocycles. The molecule has 5 unspecified atom stereocenters. The fraction of sp³-hybridized carbons (Fsp3) is 0.464. The first-order valence-electron chi connectivity index (χ1n) is 12.5. The molecule has 8 heteroatoms. The van der Waals surface area contributed by atoms with Crippen molar-refractivity contribution in [3.8, 4) is 5.75 Å². The molecule has 2 aliphatic heterocycles. The normalized spacial score (nSPS) is 24.4. The molecule has 2 heterocycles. The van der Waals surface area contributed by atoms with E-state index in [1.165, 1.54) is 0 Å². The topological polar surface area (TPSA) is 109 Å². The van der Waals surface area contributed by atoms with Crippen molar-refractivity contribution in [1.82, 2.24) is 16.0 Å². The quantitative estimate of drug-likeness (QED) is 0.412. The number of amides is 2. The Labute approximate surface area is 212 Å². The number of hydrogen-bond acceptors (Lipinski definition) is 6. The molecular formula is C28H35N3O5. The van der Waals surface area contributed by atoms with E-state index in [0.717, 1.165) is 24.1 Å². The third-order valence-electron chi connectivity index (χ3n) is 7.06. The summed E-state index contributed by atoms with van der Waals surface area (Å²) in [4.78, 5) is 39.9. The maximum Gasteiger partial charge on any atom is 0.243 e. The molecule has 2 fully saturated rings. The van der Waals surface area contributed by atoms with E-state index >= 15 is 0 Å². The number of benzene rings is 2. The molecule has 0 aromatic heterocycles. The van der Waals surface area contributed by atoms with Crippen LogP contribution in [0.15, 0.2) is 54.6 Å². The largest absolute Gasteiger partial charge is 0.497 e. The molecule has 4 rings (SSSR count). The highest BCUT2D eigenvalue weighted by Crippen LogP contribution is 2.29. The van der Waals surface area contributed by atoms with Crippen LogP contribution in [0, 0.1) is 5.92 Å². The highest BCUT2D eigenvalue weighted by Gasteiger charge is 2.50. The van der Waals surface area contributed by atoms with Crippen molar-refractivity contribution in [2.24, 2.45) is 5.92 Å². The highest BCUT2D eigenvalue weighted by molar-refractivity contribution is 5.98. The number of rotatable bonds is 11. The first-order valence-corrected chi connectivity index (χ1v) is 12.5. The lowest BCUT2D eigenvalue weighted by Gasteiger charge is -2.26. The summed E-state index contributed by atoms with van der Waals surface area (Å²) in [5.41, 5.74) is 0.914. The zero-order valence-corrected chi connectivity index (χ0v) is 21.1. The Morgan fingerprint density at radius 3 is 2.25 bits per heavy atom. The van der Waals surface area contributed by atoms with Crippen LogP contribution in [-0.2, 0) is 32.0 Å². The Morgan fingerprint density at radius 2 is 1.67 bits per heavy atom. The summed E-state index contributed by atoms with van der Waals surface area (Å²) in [6.07, 6.45) is 1.52. The summed E-state index contributed by atoms with van der Waals surface area (Å²) in [7, 11) is 1.59. The minimum absolute atomic E-state index is 0.166. The van der Waals surface area contributed by atoms with Gasteiger partial charge in [-0.1, -0.05) is 49.4 Å². The van der Waals surface area contributed by atoms with Crippen molar-refractivity contribution < 1.29 is 23.9 Å². The fourth-order valence-corrected chi connectivity index (χ4v) is 4.60. The number of ether oxygens (including phenoxy) is 2. The minimum atomic E-state index is -0.884.